The van der Waals surface area contributed by atoms with E-state index < -0.39 is 11.9 Å². The summed E-state index contributed by atoms with van der Waals surface area (Å²) in [6, 6.07) is 0. The highest BCUT2D eigenvalue weighted by atomic mass is 33.5. The number of hydrogen-bond acceptors (Lipinski definition) is 4. The minimum absolute atomic E-state index is 0.146. The maximum absolute atomic E-state index is 10.2. The minimum Gasteiger partial charge on any atom is -0.481 e. The summed E-state index contributed by atoms with van der Waals surface area (Å²) in [6.07, 6.45) is 1.64. The Morgan fingerprint density at radius 3 is 2.20 bits per heavy atom. The van der Waals surface area contributed by atoms with E-state index in [4.69, 9.17) is 10.2 Å². The third-order valence-corrected chi connectivity index (χ3v) is 6.14. The molecule has 0 rings (SSSR count). The van der Waals surface area contributed by atoms with Gasteiger partial charge in [-0.25, -0.2) is 0 Å². The van der Waals surface area contributed by atoms with Gasteiger partial charge in [0.15, 0.2) is 0 Å². The van der Waals surface area contributed by atoms with Crippen LogP contribution in [0.2, 0.25) is 0 Å². The first kappa shape index (κ1) is 15.0. The van der Waals surface area contributed by atoms with Crippen LogP contribution < -0.4 is 0 Å². The molecule has 4 nitrogen and oxygen atoms in total. The fourth-order valence-electron chi connectivity index (χ4n) is 0.784. The average Bonchev–Trinajstić information content (AvgIpc) is 2.11. The Balaban J connectivity index is 3.29. The summed E-state index contributed by atoms with van der Waals surface area (Å²) in [5.41, 5.74) is 0. The maximum Gasteiger partial charge on any atom is 0.303 e. The van der Waals surface area contributed by atoms with Gasteiger partial charge >= 0.3 is 11.9 Å². The molecule has 0 aliphatic carbocycles. The average molecular weight is 271 g/mol. The molecule has 0 aromatic carbocycles. The fraction of sp³-hybridized carbons (Fsp3) is 0.750. The third kappa shape index (κ3) is 11.9. The van der Waals surface area contributed by atoms with Crippen LogP contribution in [0.5, 0.6) is 0 Å². The molecule has 88 valence electrons. The highest BCUT2D eigenvalue weighted by molar-refractivity contribution is 9.02. The van der Waals surface area contributed by atoms with E-state index in [0.29, 0.717) is 12.8 Å². The Morgan fingerprint density at radius 2 is 1.67 bits per heavy atom. The van der Waals surface area contributed by atoms with Crippen molar-refractivity contribution < 1.29 is 19.8 Å². The number of carboxylic acids is 2. The molecule has 0 bridgehead atoms. The van der Waals surface area contributed by atoms with Crippen LogP contribution in [0, 0.1) is 0 Å². The van der Waals surface area contributed by atoms with Gasteiger partial charge in [0, 0.05) is 25.0 Å². The van der Waals surface area contributed by atoms with Gasteiger partial charge in [-0.1, -0.05) is 0 Å². The molecule has 0 saturated carbocycles. The van der Waals surface area contributed by atoms with Crippen molar-refractivity contribution in [2.75, 3.05) is 11.5 Å². The van der Waals surface area contributed by atoms with Gasteiger partial charge in [0.2, 0.25) is 0 Å². The van der Waals surface area contributed by atoms with E-state index >= 15 is 0 Å². The number of carboxylic acid groups (broad SMARTS) is 2. The van der Waals surface area contributed by atoms with Crippen LogP contribution in [0.3, 0.4) is 0 Å². The van der Waals surface area contributed by atoms with E-state index in [1.807, 2.05) is 0 Å². The molecule has 1 atom stereocenters. The van der Waals surface area contributed by atoms with E-state index in [2.05, 4.69) is 11.7 Å². The van der Waals surface area contributed by atoms with E-state index in [1.54, 1.807) is 10.8 Å². The predicted octanol–water partition coefficient (Wildman–Crippen LogP) is 1.83. The molecule has 0 aromatic heterocycles. The van der Waals surface area contributed by atoms with Crippen LogP contribution in [-0.2, 0) is 18.5 Å². The van der Waals surface area contributed by atoms with Crippen molar-refractivity contribution in [2.45, 2.75) is 25.7 Å². The summed E-state index contributed by atoms with van der Waals surface area (Å²) in [5.74, 6) is -0.0178. The number of aliphatic carboxylic acids is 2. The number of carbonyl (C=O) groups is 2. The third-order valence-electron chi connectivity index (χ3n) is 1.46. The van der Waals surface area contributed by atoms with Gasteiger partial charge in [0.1, 0.15) is 25.5 Å². The Hall–Kier alpha value is -0.0100. The van der Waals surface area contributed by atoms with Crippen molar-refractivity contribution in [2.24, 2.45) is 0 Å². The van der Waals surface area contributed by atoms with Crippen molar-refractivity contribution in [1.29, 1.82) is 0 Å². The Morgan fingerprint density at radius 1 is 1.13 bits per heavy atom. The molecule has 1 unspecified atom stereocenters. The molecule has 15 heavy (non-hydrogen) atoms. The molecule has 0 radical (unpaired) electrons. The molecule has 0 fully saturated rings. The molecular weight excluding hydrogens is 256 g/mol. The Kier molecular flexibility index (Phi) is 9.23. The normalized spacial score (nSPS) is 12.3. The number of rotatable bonds is 9. The summed E-state index contributed by atoms with van der Waals surface area (Å²) in [4.78, 5) is 20.4. The van der Waals surface area contributed by atoms with Gasteiger partial charge in [0.05, 0.1) is 11.7 Å². The van der Waals surface area contributed by atoms with Crippen LogP contribution in [-0.4, -0.2) is 33.7 Å². The lowest BCUT2D eigenvalue weighted by molar-refractivity contribution is -0.138. The second-order valence-corrected chi connectivity index (χ2v) is 8.52. The molecule has 0 saturated heterocycles. The van der Waals surface area contributed by atoms with Crippen molar-refractivity contribution in [3.8, 4) is 0 Å². The zero-order valence-electron chi connectivity index (χ0n) is 8.22. The van der Waals surface area contributed by atoms with Gasteiger partial charge in [-0.3, -0.25) is 9.59 Å². The standard InChI is InChI=1S/C8H14O4S3/c9-7(10)3-1-5-14-15(13)6-2-4-8(11)12/h13H,1-6H2,(H-,9,10,11,12)/p+1. The maximum atomic E-state index is 10.2. The van der Waals surface area contributed by atoms with Crippen molar-refractivity contribution in [3.63, 3.8) is 0 Å². The molecule has 2 N–H and O–H groups in total. The highest BCUT2D eigenvalue weighted by Gasteiger charge is 2.15. The molecular formula is C8H15O4S3+. The Labute approximate surface area is 100 Å². The molecule has 0 aliphatic rings. The molecule has 0 aromatic rings. The lowest BCUT2D eigenvalue weighted by atomic mass is 10.3. The monoisotopic (exact) mass is 271 g/mol. The number of thiol groups is 1. The van der Waals surface area contributed by atoms with Gasteiger partial charge < -0.3 is 10.2 Å². The smallest absolute Gasteiger partial charge is 0.303 e. The Bertz CT molecular complexity index is 210. The summed E-state index contributed by atoms with van der Waals surface area (Å²) < 4.78 is 0. The summed E-state index contributed by atoms with van der Waals surface area (Å²) in [5, 5.41) is 16.8. The van der Waals surface area contributed by atoms with Crippen LogP contribution in [0.25, 0.3) is 0 Å². The lowest BCUT2D eigenvalue weighted by Gasteiger charge is -1.97. The van der Waals surface area contributed by atoms with Crippen LogP contribution in [0.4, 0.5) is 0 Å². The molecule has 0 aliphatic heterocycles. The first-order valence-corrected chi connectivity index (χ1v) is 8.44. The minimum atomic E-state index is -0.781. The summed E-state index contributed by atoms with van der Waals surface area (Å²) >= 11 is 4.31. The van der Waals surface area contributed by atoms with Gasteiger partial charge in [0.25, 0.3) is 0 Å². The van der Waals surface area contributed by atoms with Crippen molar-refractivity contribution in [3.05, 3.63) is 0 Å². The second-order valence-electron chi connectivity index (χ2n) is 2.84. The zero-order valence-corrected chi connectivity index (χ0v) is 10.7. The first-order chi connectivity index (χ1) is 7.02. The zero-order chi connectivity index (χ0) is 11.7. The van der Waals surface area contributed by atoms with E-state index in [0.717, 1.165) is 11.5 Å². The van der Waals surface area contributed by atoms with Gasteiger partial charge in [-0.05, 0) is 6.42 Å². The summed E-state index contributed by atoms with van der Waals surface area (Å²) in [6.45, 7) is 0. The largest absolute Gasteiger partial charge is 0.481 e. The highest BCUT2D eigenvalue weighted by Crippen LogP contribution is 2.23. The van der Waals surface area contributed by atoms with Crippen LogP contribution in [0.1, 0.15) is 25.7 Å². The van der Waals surface area contributed by atoms with Gasteiger partial charge in [-0.2, -0.15) is 0 Å². The van der Waals surface area contributed by atoms with Gasteiger partial charge in [-0.15, -0.1) is 0 Å². The quantitative estimate of drug-likeness (QED) is 0.258. The topological polar surface area (TPSA) is 74.6 Å². The first-order valence-electron chi connectivity index (χ1n) is 4.49. The fourth-order valence-corrected chi connectivity index (χ4v) is 4.44. The van der Waals surface area contributed by atoms with Crippen LogP contribution in [0.15, 0.2) is 0 Å². The van der Waals surface area contributed by atoms with Crippen LogP contribution >= 0.6 is 22.5 Å². The van der Waals surface area contributed by atoms with E-state index in [9.17, 15) is 9.59 Å². The second kappa shape index (κ2) is 9.23. The lowest BCUT2D eigenvalue weighted by Crippen LogP contribution is -2.01. The van der Waals surface area contributed by atoms with Crippen molar-refractivity contribution >= 4 is 43.4 Å². The predicted molar refractivity (Wildman–Crippen MR) is 67.4 cm³/mol. The SMILES string of the molecule is O=C(O)CCCS[S+](S)CCCC(=O)O. The molecule has 0 amide bonds. The number of hydrogen-bond donors (Lipinski definition) is 3. The summed E-state index contributed by atoms with van der Waals surface area (Å²) in [7, 11) is 1.46. The molecule has 0 spiro atoms. The van der Waals surface area contributed by atoms with E-state index in [-0.39, 0.29) is 21.8 Å². The molecule has 7 heteroatoms. The van der Waals surface area contributed by atoms with Crippen molar-refractivity contribution in [1.82, 2.24) is 0 Å². The van der Waals surface area contributed by atoms with E-state index in [1.165, 1.54) is 0 Å². The molecule has 0 heterocycles.